The fraction of sp³-hybridized carbons (Fsp3) is 0.130. The second-order valence-corrected chi connectivity index (χ2v) is 7.90. The highest BCUT2D eigenvalue weighted by atomic mass is 35.5. The largest absolute Gasteiger partial charge is 0.497 e. The summed E-state index contributed by atoms with van der Waals surface area (Å²) in [5.74, 6) is 0.491. The van der Waals surface area contributed by atoms with Crippen LogP contribution in [0.25, 0.3) is 0 Å². The van der Waals surface area contributed by atoms with E-state index in [9.17, 15) is 9.59 Å². The van der Waals surface area contributed by atoms with Crippen molar-refractivity contribution in [3.05, 3.63) is 82.9 Å². The Morgan fingerprint density at radius 3 is 2.43 bits per heavy atom. The van der Waals surface area contributed by atoms with Gasteiger partial charge in [0.15, 0.2) is 0 Å². The number of ether oxygens (including phenoxy) is 1. The summed E-state index contributed by atoms with van der Waals surface area (Å²) in [5.41, 5.74) is 2.77. The Morgan fingerprint density at radius 2 is 1.73 bits per heavy atom. The van der Waals surface area contributed by atoms with Gasteiger partial charge in [0.2, 0.25) is 5.91 Å². The van der Waals surface area contributed by atoms with Gasteiger partial charge in [0.1, 0.15) is 5.75 Å². The van der Waals surface area contributed by atoms with Gasteiger partial charge in [0.25, 0.3) is 5.91 Å². The van der Waals surface area contributed by atoms with Crippen LogP contribution in [0.3, 0.4) is 0 Å². The lowest BCUT2D eigenvalue weighted by Crippen LogP contribution is -2.15. The number of methoxy groups -OCH3 is 1. The fourth-order valence-electron chi connectivity index (χ4n) is 2.64. The first-order chi connectivity index (χ1) is 14.5. The molecule has 2 amide bonds. The van der Waals surface area contributed by atoms with E-state index in [1.54, 1.807) is 43.5 Å². The first-order valence-corrected chi connectivity index (χ1v) is 10.6. The molecule has 0 saturated heterocycles. The summed E-state index contributed by atoms with van der Waals surface area (Å²) in [7, 11) is 1.58. The number of thioether (sulfide) groups is 1. The molecule has 0 aliphatic heterocycles. The minimum absolute atomic E-state index is 0.156. The molecule has 0 aliphatic carbocycles. The minimum Gasteiger partial charge on any atom is -0.497 e. The number of anilines is 2. The minimum atomic E-state index is -0.232. The molecule has 3 rings (SSSR count). The third-order valence-electron chi connectivity index (χ3n) is 4.30. The van der Waals surface area contributed by atoms with Crippen molar-refractivity contribution >= 4 is 46.6 Å². The monoisotopic (exact) mass is 440 g/mol. The van der Waals surface area contributed by atoms with Crippen molar-refractivity contribution in [1.82, 2.24) is 0 Å². The van der Waals surface area contributed by atoms with E-state index in [1.165, 1.54) is 11.8 Å². The quantitative estimate of drug-likeness (QED) is 0.466. The molecule has 3 aromatic rings. The molecule has 0 saturated carbocycles. The fourth-order valence-corrected chi connectivity index (χ4v) is 3.63. The molecule has 0 heterocycles. The third kappa shape index (κ3) is 5.78. The molecule has 0 aromatic heterocycles. The lowest BCUT2D eigenvalue weighted by Gasteiger charge is -2.11. The van der Waals surface area contributed by atoms with Gasteiger partial charge in [0, 0.05) is 21.2 Å². The van der Waals surface area contributed by atoms with Gasteiger partial charge in [-0.1, -0.05) is 29.8 Å². The topological polar surface area (TPSA) is 67.4 Å². The number of halogens is 1. The molecule has 0 unspecified atom stereocenters. The van der Waals surface area contributed by atoms with E-state index in [0.717, 1.165) is 10.5 Å². The van der Waals surface area contributed by atoms with Crippen molar-refractivity contribution in [2.45, 2.75) is 11.8 Å². The molecule has 0 aliphatic rings. The molecule has 0 radical (unpaired) electrons. The zero-order valence-electron chi connectivity index (χ0n) is 16.6. The van der Waals surface area contributed by atoms with Crippen LogP contribution in [0.1, 0.15) is 15.9 Å². The highest BCUT2D eigenvalue weighted by Crippen LogP contribution is 2.28. The SMILES string of the molecule is COc1ccc(C(=O)Nc2ccccc2SCC(=O)Nc2ccc(C)c(Cl)c2)cc1. The number of hydrogen-bond acceptors (Lipinski definition) is 4. The number of nitrogens with one attached hydrogen (secondary N) is 2. The van der Waals surface area contributed by atoms with Crippen LogP contribution >= 0.6 is 23.4 Å². The van der Waals surface area contributed by atoms with Gasteiger partial charge < -0.3 is 15.4 Å². The van der Waals surface area contributed by atoms with Gasteiger partial charge in [-0.3, -0.25) is 9.59 Å². The third-order valence-corrected chi connectivity index (χ3v) is 5.78. The van der Waals surface area contributed by atoms with E-state index >= 15 is 0 Å². The Kier molecular flexibility index (Phi) is 7.38. The normalized spacial score (nSPS) is 10.4. The Labute approximate surface area is 184 Å². The summed E-state index contributed by atoms with van der Waals surface area (Å²) in [4.78, 5) is 25.7. The second kappa shape index (κ2) is 10.2. The van der Waals surface area contributed by atoms with Crippen molar-refractivity contribution < 1.29 is 14.3 Å². The first kappa shape index (κ1) is 21.7. The highest BCUT2D eigenvalue weighted by molar-refractivity contribution is 8.00. The molecule has 3 aromatic carbocycles. The van der Waals surface area contributed by atoms with E-state index in [0.29, 0.717) is 27.7 Å². The summed E-state index contributed by atoms with van der Waals surface area (Å²) in [6.07, 6.45) is 0. The van der Waals surface area contributed by atoms with Crippen LogP contribution in [-0.4, -0.2) is 24.7 Å². The van der Waals surface area contributed by atoms with E-state index in [4.69, 9.17) is 16.3 Å². The number of hydrogen-bond donors (Lipinski definition) is 2. The van der Waals surface area contributed by atoms with Crippen LogP contribution < -0.4 is 15.4 Å². The van der Waals surface area contributed by atoms with Crippen LogP contribution in [0.2, 0.25) is 5.02 Å². The summed E-state index contributed by atoms with van der Waals surface area (Å²) in [5, 5.41) is 6.34. The maximum Gasteiger partial charge on any atom is 0.255 e. The zero-order valence-corrected chi connectivity index (χ0v) is 18.1. The smallest absolute Gasteiger partial charge is 0.255 e. The molecule has 0 atom stereocenters. The Bertz CT molecular complexity index is 1050. The maximum atomic E-state index is 12.6. The number of rotatable bonds is 7. The van der Waals surface area contributed by atoms with Crippen molar-refractivity contribution in [2.75, 3.05) is 23.5 Å². The van der Waals surface area contributed by atoms with E-state index in [1.807, 2.05) is 37.3 Å². The molecule has 30 heavy (non-hydrogen) atoms. The van der Waals surface area contributed by atoms with Gasteiger partial charge in [-0.25, -0.2) is 0 Å². The van der Waals surface area contributed by atoms with Gasteiger partial charge >= 0.3 is 0 Å². The average molecular weight is 441 g/mol. The standard InChI is InChI=1S/C23H21ClN2O3S/c1-15-7-10-17(13-19(15)24)25-22(27)14-30-21-6-4-3-5-20(21)26-23(28)16-8-11-18(29-2)12-9-16/h3-13H,14H2,1-2H3,(H,25,27)(H,26,28). The summed E-state index contributed by atoms with van der Waals surface area (Å²) in [6, 6.07) is 19.6. The van der Waals surface area contributed by atoms with E-state index < -0.39 is 0 Å². The molecule has 0 bridgehead atoms. The Morgan fingerprint density at radius 1 is 1.00 bits per heavy atom. The molecule has 2 N–H and O–H groups in total. The molecule has 0 spiro atoms. The predicted octanol–water partition coefficient (Wildman–Crippen LogP) is 5.64. The summed E-state index contributed by atoms with van der Waals surface area (Å²) < 4.78 is 5.12. The molecule has 5 nitrogen and oxygen atoms in total. The van der Waals surface area contributed by atoms with Crippen LogP contribution in [0.4, 0.5) is 11.4 Å². The number of carbonyl (C=O) groups excluding carboxylic acids is 2. The summed E-state index contributed by atoms with van der Waals surface area (Å²) >= 11 is 7.45. The van der Waals surface area contributed by atoms with Crippen LogP contribution in [-0.2, 0) is 4.79 Å². The Balaban J connectivity index is 1.62. The van der Waals surface area contributed by atoms with Crippen molar-refractivity contribution in [3.8, 4) is 5.75 Å². The highest BCUT2D eigenvalue weighted by Gasteiger charge is 2.11. The van der Waals surface area contributed by atoms with Crippen molar-refractivity contribution in [2.24, 2.45) is 0 Å². The van der Waals surface area contributed by atoms with E-state index in [2.05, 4.69) is 10.6 Å². The maximum absolute atomic E-state index is 12.6. The average Bonchev–Trinajstić information content (AvgIpc) is 2.75. The van der Waals surface area contributed by atoms with Crippen molar-refractivity contribution in [3.63, 3.8) is 0 Å². The Hall–Kier alpha value is -2.96. The number of para-hydroxylation sites is 1. The number of benzene rings is 3. The second-order valence-electron chi connectivity index (χ2n) is 6.48. The lowest BCUT2D eigenvalue weighted by atomic mass is 10.2. The van der Waals surface area contributed by atoms with Crippen molar-refractivity contribution in [1.29, 1.82) is 0 Å². The zero-order chi connectivity index (χ0) is 21.5. The molecule has 154 valence electrons. The van der Waals surface area contributed by atoms with Crippen LogP contribution in [0.5, 0.6) is 5.75 Å². The molecular formula is C23H21ClN2O3S. The number of aryl methyl sites for hydroxylation is 1. The predicted molar refractivity (Wildman–Crippen MR) is 123 cm³/mol. The first-order valence-electron chi connectivity index (χ1n) is 9.19. The van der Waals surface area contributed by atoms with Crippen LogP contribution in [0, 0.1) is 6.92 Å². The van der Waals surface area contributed by atoms with E-state index in [-0.39, 0.29) is 17.6 Å². The van der Waals surface area contributed by atoms with Gasteiger partial charge in [-0.2, -0.15) is 0 Å². The number of carbonyl (C=O) groups is 2. The molecular weight excluding hydrogens is 420 g/mol. The van der Waals surface area contributed by atoms with Gasteiger partial charge in [-0.15, -0.1) is 11.8 Å². The lowest BCUT2D eigenvalue weighted by molar-refractivity contribution is -0.113. The molecule has 7 heteroatoms. The van der Waals surface area contributed by atoms with Gasteiger partial charge in [-0.05, 0) is 61.0 Å². The molecule has 0 fully saturated rings. The van der Waals surface area contributed by atoms with Crippen LogP contribution in [0.15, 0.2) is 71.6 Å². The number of amides is 2. The van der Waals surface area contributed by atoms with Gasteiger partial charge in [0.05, 0.1) is 18.6 Å². The summed E-state index contributed by atoms with van der Waals surface area (Å²) in [6.45, 7) is 1.90.